The Hall–Kier alpha value is -1.73. The summed E-state index contributed by atoms with van der Waals surface area (Å²) in [4.78, 5) is 16.2. The van der Waals surface area contributed by atoms with Crippen molar-refractivity contribution in [3.8, 4) is 11.4 Å². The van der Waals surface area contributed by atoms with Crippen LogP contribution in [0, 0.1) is 0 Å². The van der Waals surface area contributed by atoms with Crippen LogP contribution in [0.1, 0.15) is 38.5 Å². The van der Waals surface area contributed by atoms with Gasteiger partial charge in [-0.15, -0.1) is 0 Å². The lowest BCUT2D eigenvalue weighted by atomic mass is 10.1. The molecule has 1 atom stereocenters. The number of hydrogen-bond donors (Lipinski definition) is 2. The van der Waals surface area contributed by atoms with Gasteiger partial charge in [0, 0.05) is 36.4 Å². The molecule has 0 aliphatic rings. The Balaban J connectivity index is 1.78. The standard InChI is InChI=1S/C15H22N4O2S/c1-2-3-4-12(9-16)17-13(20)5-6-14-18-15(19-21-14)11-7-8-22-10-11/h7-8,10,12H,2-6,9,16H2,1H3,(H,17,20). The molecular formula is C15H22N4O2S. The predicted octanol–water partition coefficient (Wildman–Crippen LogP) is 2.36. The highest BCUT2D eigenvalue weighted by molar-refractivity contribution is 7.08. The van der Waals surface area contributed by atoms with Crippen molar-refractivity contribution in [1.29, 1.82) is 0 Å². The van der Waals surface area contributed by atoms with Crippen molar-refractivity contribution in [1.82, 2.24) is 15.5 Å². The number of unbranched alkanes of at least 4 members (excludes halogenated alkanes) is 1. The maximum absolute atomic E-state index is 11.9. The zero-order valence-corrected chi connectivity index (χ0v) is 13.6. The van der Waals surface area contributed by atoms with Crippen LogP contribution in [0.15, 0.2) is 21.3 Å². The molecule has 0 aliphatic heterocycles. The van der Waals surface area contributed by atoms with Gasteiger partial charge in [-0.3, -0.25) is 4.79 Å². The monoisotopic (exact) mass is 322 g/mol. The number of carbonyl (C=O) groups excluding carboxylic acids is 1. The molecule has 2 aromatic rings. The normalized spacial score (nSPS) is 12.3. The third-order valence-corrected chi connectivity index (χ3v) is 4.05. The lowest BCUT2D eigenvalue weighted by Gasteiger charge is -2.15. The van der Waals surface area contributed by atoms with Crippen LogP contribution in [0.3, 0.4) is 0 Å². The van der Waals surface area contributed by atoms with E-state index in [0.717, 1.165) is 24.8 Å². The first kappa shape index (κ1) is 16.6. The van der Waals surface area contributed by atoms with Crippen molar-refractivity contribution in [2.24, 2.45) is 5.73 Å². The minimum Gasteiger partial charge on any atom is -0.352 e. The molecule has 2 aromatic heterocycles. The minimum absolute atomic E-state index is 0.0261. The van der Waals surface area contributed by atoms with Gasteiger partial charge in [0.2, 0.25) is 17.6 Å². The molecule has 0 spiro atoms. The molecule has 0 saturated heterocycles. The maximum Gasteiger partial charge on any atom is 0.227 e. The Morgan fingerprint density at radius 2 is 2.41 bits per heavy atom. The molecule has 2 rings (SSSR count). The van der Waals surface area contributed by atoms with Gasteiger partial charge in [0.05, 0.1) is 0 Å². The molecule has 120 valence electrons. The Bertz CT molecular complexity index is 568. The zero-order chi connectivity index (χ0) is 15.8. The molecule has 6 nitrogen and oxygen atoms in total. The van der Waals surface area contributed by atoms with Gasteiger partial charge in [0.1, 0.15) is 0 Å². The van der Waals surface area contributed by atoms with E-state index in [-0.39, 0.29) is 11.9 Å². The van der Waals surface area contributed by atoms with Crippen LogP contribution < -0.4 is 11.1 Å². The van der Waals surface area contributed by atoms with E-state index in [1.807, 2.05) is 16.8 Å². The van der Waals surface area contributed by atoms with Gasteiger partial charge >= 0.3 is 0 Å². The van der Waals surface area contributed by atoms with Gasteiger partial charge < -0.3 is 15.6 Å². The largest absolute Gasteiger partial charge is 0.352 e. The van der Waals surface area contributed by atoms with Crippen molar-refractivity contribution in [2.75, 3.05) is 6.54 Å². The topological polar surface area (TPSA) is 94.0 Å². The number of nitrogens with one attached hydrogen (secondary N) is 1. The number of carbonyl (C=O) groups is 1. The number of hydrogen-bond acceptors (Lipinski definition) is 6. The summed E-state index contributed by atoms with van der Waals surface area (Å²) in [6, 6.07) is 1.99. The quantitative estimate of drug-likeness (QED) is 0.739. The summed E-state index contributed by atoms with van der Waals surface area (Å²) in [5.74, 6) is 1.02. The van der Waals surface area contributed by atoms with E-state index in [4.69, 9.17) is 10.3 Å². The predicted molar refractivity (Wildman–Crippen MR) is 86.4 cm³/mol. The summed E-state index contributed by atoms with van der Waals surface area (Å²) in [6.07, 6.45) is 3.85. The highest BCUT2D eigenvalue weighted by atomic mass is 32.1. The van der Waals surface area contributed by atoms with Crippen LogP contribution in [0.4, 0.5) is 0 Å². The molecular weight excluding hydrogens is 300 g/mol. The van der Waals surface area contributed by atoms with Gasteiger partial charge in [-0.1, -0.05) is 24.9 Å². The van der Waals surface area contributed by atoms with Crippen molar-refractivity contribution in [3.63, 3.8) is 0 Å². The van der Waals surface area contributed by atoms with Crippen LogP contribution >= 0.6 is 11.3 Å². The molecule has 1 amide bonds. The minimum atomic E-state index is -0.0261. The van der Waals surface area contributed by atoms with Crippen molar-refractivity contribution in [2.45, 2.75) is 45.1 Å². The van der Waals surface area contributed by atoms with Crippen LogP contribution in [-0.2, 0) is 11.2 Å². The van der Waals surface area contributed by atoms with E-state index in [2.05, 4.69) is 22.4 Å². The van der Waals surface area contributed by atoms with E-state index in [1.54, 1.807) is 11.3 Å². The average Bonchev–Trinajstić information content (AvgIpc) is 3.19. The SMILES string of the molecule is CCCCC(CN)NC(=O)CCc1nc(-c2ccsc2)no1. The van der Waals surface area contributed by atoms with Gasteiger partial charge in [-0.25, -0.2) is 0 Å². The molecule has 2 heterocycles. The van der Waals surface area contributed by atoms with Crippen LogP contribution in [0.2, 0.25) is 0 Å². The van der Waals surface area contributed by atoms with Gasteiger partial charge in [0.15, 0.2) is 0 Å². The number of nitrogens with two attached hydrogens (primary N) is 1. The summed E-state index contributed by atoms with van der Waals surface area (Å²) in [5.41, 5.74) is 6.61. The fourth-order valence-corrected chi connectivity index (χ4v) is 2.72. The van der Waals surface area contributed by atoms with Gasteiger partial charge in [-0.2, -0.15) is 16.3 Å². The summed E-state index contributed by atoms with van der Waals surface area (Å²) in [6.45, 7) is 2.59. The lowest BCUT2D eigenvalue weighted by Crippen LogP contribution is -2.40. The fourth-order valence-electron chi connectivity index (χ4n) is 2.09. The number of nitrogens with zero attached hydrogens (tertiary/aromatic N) is 2. The summed E-state index contributed by atoms with van der Waals surface area (Å²) in [7, 11) is 0. The second kappa shape index (κ2) is 8.65. The van der Waals surface area contributed by atoms with Gasteiger partial charge in [-0.05, 0) is 17.9 Å². The van der Waals surface area contributed by atoms with Crippen LogP contribution in [-0.4, -0.2) is 28.6 Å². The smallest absolute Gasteiger partial charge is 0.227 e. The summed E-state index contributed by atoms with van der Waals surface area (Å²) < 4.78 is 5.17. The molecule has 3 N–H and O–H groups in total. The van der Waals surface area contributed by atoms with Crippen LogP contribution in [0.25, 0.3) is 11.4 Å². The molecule has 7 heteroatoms. The van der Waals surface area contributed by atoms with E-state index in [9.17, 15) is 4.79 Å². The van der Waals surface area contributed by atoms with Crippen molar-refractivity contribution >= 4 is 17.2 Å². The zero-order valence-electron chi connectivity index (χ0n) is 12.7. The molecule has 0 saturated carbocycles. The number of amides is 1. The molecule has 0 aliphatic carbocycles. The Morgan fingerprint density at radius 1 is 1.55 bits per heavy atom. The number of rotatable bonds is 9. The van der Waals surface area contributed by atoms with Crippen LogP contribution in [0.5, 0.6) is 0 Å². The third-order valence-electron chi connectivity index (χ3n) is 3.37. The van der Waals surface area contributed by atoms with E-state index < -0.39 is 0 Å². The Labute approximate surface area is 134 Å². The number of thiophene rings is 1. The van der Waals surface area contributed by atoms with E-state index in [1.165, 1.54) is 0 Å². The second-order valence-corrected chi connectivity index (χ2v) is 5.95. The Kier molecular flexibility index (Phi) is 6.54. The molecule has 1 unspecified atom stereocenters. The third kappa shape index (κ3) is 4.92. The maximum atomic E-state index is 11.9. The molecule has 0 aromatic carbocycles. The molecule has 0 bridgehead atoms. The number of aromatic nitrogens is 2. The lowest BCUT2D eigenvalue weighted by molar-refractivity contribution is -0.121. The van der Waals surface area contributed by atoms with Crippen molar-refractivity contribution in [3.05, 3.63) is 22.7 Å². The molecule has 0 fully saturated rings. The molecule has 22 heavy (non-hydrogen) atoms. The van der Waals surface area contributed by atoms with E-state index in [0.29, 0.717) is 31.1 Å². The Morgan fingerprint density at radius 3 is 3.09 bits per heavy atom. The number of aryl methyl sites for hydroxylation is 1. The van der Waals surface area contributed by atoms with Gasteiger partial charge in [0.25, 0.3) is 0 Å². The van der Waals surface area contributed by atoms with E-state index >= 15 is 0 Å². The first-order chi connectivity index (χ1) is 10.7. The summed E-state index contributed by atoms with van der Waals surface area (Å²) >= 11 is 1.58. The van der Waals surface area contributed by atoms with Crippen molar-refractivity contribution < 1.29 is 9.32 Å². The first-order valence-corrected chi connectivity index (χ1v) is 8.51. The highest BCUT2D eigenvalue weighted by Crippen LogP contribution is 2.18. The molecule has 0 radical (unpaired) electrons. The highest BCUT2D eigenvalue weighted by Gasteiger charge is 2.13. The fraction of sp³-hybridized carbons (Fsp3) is 0.533. The average molecular weight is 322 g/mol. The second-order valence-electron chi connectivity index (χ2n) is 5.17. The summed E-state index contributed by atoms with van der Waals surface area (Å²) in [5, 5.41) is 10.8. The first-order valence-electron chi connectivity index (χ1n) is 7.57.